The minimum atomic E-state index is -2.85. The Bertz CT molecular complexity index is 3740. The van der Waals surface area contributed by atoms with E-state index in [1.165, 1.54) is 20.8 Å². The maximum atomic E-state index is 13.0. The van der Waals surface area contributed by atoms with Crippen molar-refractivity contribution in [2.75, 3.05) is 66.1 Å². The summed E-state index contributed by atoms with van der Waals surface area (Å²) >= 11 is 0. The Labute approximate surface area is 796 Å². The molecule has 0 aliphatic carbocycles. The third-order valence-electron chi connectivity index (χ3n) is 27.0. The van der Waals surface area contributed by atoms with Gasteiger partial charge >= 0.3 is 0 Å². The van der Waals surface area contributed by atoms with Gasteiger partial charge in [-0.3, -0.25) is 0 Å². The van der Waals surface area contributed by atoms with Crippen LogP contribution in [0.4, 0.5) is 0 Å². The first-order chi connectivity index (χ1) is 66.6. The third kappa shape index (κ3) is 24.4. The van der Waals surface area contributed by atoms with Crippen LogP contribution in [-0.4, -0.2) is 659 Å². The van der Waals surface area contributed by atoms with Crippen molar-refractivity contribution < 1.29 is 312 Å². The van der Waals surface area contributed by atoms with Gasteiger partial charge in [0.2, 0.25) is 0 Å². The zero-order valence-electron chi connectivity index (χ0n) is 74.8. The van der Waals surface area contributed by atoms with Crippen LogP contribution >= 0.6 is 0 Å². The number of ether oxygens (including phenoxy) is 25. The molecule has 0 aromatic rings. The van der Waals surface area contributed by atoms with E-state index in [1.807, 2.05) is 0 Å². The number of hydrogen-bond donors (Lipinski definition) is 38. The van der Waals surface area contributed by atoms with Crippen LogP contribution in [0.15, 0.2) is 0 Å². The first-order valence-corrected chi connectivity index (χ1v) is 45.3. The molecule has 13 heterocycles. The van der Waals surface area contributed by atoms with E-state index in [1.54, 1.807) is 0 Å². The molecular weight excluding hydrogens is 1940 g/mol. The van der Waals surface area contributed by atoms with Gasteiger partial charge in [0.1, 0.15) is 299 Å². The first-order valence-electron chi connectivity index (χ1n) is 45.3. The smallest absolute Gasteiger partial charge is 0.187 e. The average Bonchev–Trinajstić information content (AvgIpc) is 0.766. The molecule has 13 saturated heterocycles. The third-order valence-corrected chi connectivity index (χ3v) is 27.0. The zero-order valence-corrected chi connectivity index (χ0v) is 74.8. The van der Waals surface area contributed by atoms with Crippen molar-refractivity contribution in [2.45, 2.75) is 420 Å². The largest absolute Gasteiger partial charge is 0.394 e. The fraction of sp³-hybridized carbons (Fsp3) is 1.00. The highest BCUT2D eigenvalue weighted by Gasteiger charge is 2.63. The molecule has 63 nitrogen and oxygen atoms in total. The average molecular weight is 2080 g/mol. The minimum Gasteiger partial charge on any atom is -0.394 e. The van der Waals surface area contributed by atoms with Crippen molar-refractivity contribution in [1.29, 1.82) is 0 Å². The fourth-order valence-corrected chi connectivity index (χ4v) is 18.2. The molecular formula is C78H132O63. The molecule has 0 amide bonds. The van der Waals surface area contributed by atoms with Gasteiger partial charge in [-0.05, 0) is 20.8 Å². The van der Waals surface area contributed by atoms with Gasteiger partial charge in [-0.15, -0.1) is 0 Å². The molecule has 63 heteroatoms. The monoisotopic (exact) mass is 2080 g/mol. The van der Waals surface area contributed by atoms with E-state index in [-0.39, 0.29) is 0 Å². The second kappa shape index (κ2) is 49.5. The Morgan fingerprint density at radius 2 is 0.319 bits per heavy atom. The van der Waals surface area contributed by atoms with Gasteiger partial charge < -0.3 is 312 Å². The van der Waals surface area contributed by atoms with E-state index >= 15 is 0 Å². The molecule has 0 saturated carbocycles. The predicted molar refractivity (Wildman–Crippen MR) is 423 cm³/mol. The summed E-state index contributed by atoms with van der Waals surface area (Å²) in [5, 5.41) is 428. The topological polar surface area (TPSA) is 999 Å². The second-order valence-electron chi connectivity index (χ2n) is 36.5. The van der Waals surface area contributed by atoms with Gasteiger partial charge in [0.05, 0.1) is 84.4 Å². The predicted octanol–water partition coefficient (Wildman–Crippen LogP) is -26.2. The van der Waals surface area contributed by atoms with Crippen LogP contribution < -0.4 is 0 Å². The van der Waals surface area contributed by atoms with Crippen LogP contribution in [0.3, 0.4) is 0 Å². The maximum absolute atomic E-state index is 13.0. The number of rotatable bonds is 34. The van der Waals surface area contributed by atoms with Crippen molar-refractivity contribution in [3.8, 4) is 0 Å². The normalized spacial score (nSPS) is 54.7. The Balaban J connectivity index is 0.861. The van der Waals surface area contributed by atoms with Crippen LogP contribution in [0.25, 0.3) is 0 Å². The van der Waals surface area contributed by atoms with Crippen molar-refractivity contribution in [3.05, 3.63) is 0 Å². The molecule has 38 N–H and O–H groups in total. The summed E-state index contributed by atoms with van der Waals surface area (Å²) in [4.78, 5) is 0. The van der Waals surface area contributed by atoms with Crippen LogP contribution in [0.1, 0.15) is 20.8 Å². The quantitative estimate of drug-likeness (QED) is 0.0284. The summed E-state index contributed by atoms with van der Waals surface area (Å²) in [5.74, 6) is 0. The number of aliphatic hydroxyl groups is 38. The summed E-state index contributed by atoms with van der Waals surface area (Å²) in [6.07, 6.45) is -144. The number of aliphatic hydroxyl groups excluding tert-OH is 38. The van der Waals surface area contributed by atoms with E-state index < -0.39 is 465 Å². The molecule has 13 fully saturated rings. The van der Waals surface area contributed by atoms with Gasteiger partial charge in [0.25, 0.3) is 0 Å². The van der Waals surface area contributed by atoms with E-state index in [4.69, 9.17) is 118 Å². The fourth-order valence-electron chi connectivity index (χ4n) is 18.2. The lowest BCUT2D eigenvalue weighted by molar-refractivity contribution is -0.408. The molecule has 0 bridgehead atoms. The first kappa shape index (κ1) is 116. The van der Waals surface area contributed by atoms with Gasteiger partial charge in [-0.25, -0.2) is 0 Å². The van der Waals surface area contributed by atoms with E-state index in [9.17, 15) is 194 Å². The molecule has 13 aliphatic rings. The van der Waals surface area contributed by atoms with Gasteiger partial charge in [-0.1, -0.05) is 0 Å². The lowest BCUT2D eigenvalue weighted by atomic mass is 9.94. The van der Waals surface area contributed by atoms with Crippen molar-refractivity contribution in [2.24, 2.45) is 0 Å². The lowest BCUT2D eigenvalue weighted by Gasteiger charge is -2.51. The number of hydrogen-bond acceptors (Lipinski definition) is 63. The van der Waals surface area contributed by atoms with Gasteiger partial charge in [0, 0.05) is 0 Å². The van der Waals surface area contributed by atoms with Crippen molar-refractivity contribution in [3.63, 3.8) is 0 Å². The lowest BCUT2D eigenvalue weighted by Crippen LogP contribution is -2.69. The second-order valence-corrected chi connectivity index (χ2v) is 36.5. The van der Waals surface area contributed by atoms with E-state index in [0.29, 0.717) is 0 Å². The Morgan fingerprint density at radius 3 is 0.589 bits per heavy atom. The Hall–Kier alpha value is -2.52. The molecule has 0 spiro atoms. The maximum Gasteiger partial charge on any atom is 0.187 e. The summed E-state index contributed by atoms with van der Waals surface area (Å²) in [6, 6.07) is 0. The van der Waals surface area contributed by atoms with Crippen molar-refractivity contribution >= 4 is 0 Å². The summed E-state index contributed by atoms with van der Waals surface area (Å²) in [6.45, 7) is -8.06. The highest BCUT2D eigenvalue weighted by molar-refractivity contribution is 5.05. The molecule has 0 unspecified atom stereocenters. The van der Waals surface area contributed by atoms with Crippen molar-refractivity contribution in [1.82, 2.24) is 0 Å². The Kier molecular flexibility index (Phi) is 40.6. The highest BCUT2D eigenvalue weighted by atomic mass is 16.8. The molecule has 65 atom stereocenters. The van der Waals surface area contributed by atoms with Gasteiger partial charge in [-0.2, -0.15) is 0 Å². The van der Waals surface area contributed by atoms with Crippen LogP contribution in [0, 0.1) is 0 Å². The Morgan fingerprint density at radius 1 is 0.142 bits per heavy atom. The highest BCUT2D eigenvalue weighted by Crippen LogP contribution is 2.43. The molecule has 0 radical (unpaired) electrons. The molecule has 0 aromatic carbocycles. The standard InChI is InChI=1S/C78H132O63/c1-14-27(85)40(98)50(108)69(121-14)139-63-45(103)32(90)19(6-81)127-76(63)119-12-25-38(96)61(54(112)72(132-25)134-58-35(93)22(9-84)124-66(116)53(58)111)136-74-55(113)59(36(94)23(131-74)10-117-67-48(106)43(101)30(88)17(4-79)125-67)135-73-56(114)60(37(95)24(130-73)11-118-68-49(107)44(102)31(89)18(5-80)126-68)137-75-57(115)62(138-78-65(47(105)34(92)21(8-83)129-78)141-71-52(110)42(100)29(87)16(3)123-71)39(97)26(133-75)13-120-77-64(46(104)33(91)20(7-82)128-77)140-70-51(109)41(99)28(86)15(2)122-70/h14-116H,4-13H2,1-3H3/t14-,15-,16-,17+,18+,19+,20+,21+,22+,23+,24+,25+,26+,27+,28+,29+,30-,31-,32-,33-,34-,35-,36-,37-,38-,39-,40+,41+,42+,43-,44-,45-,46-,47-,48+,49+,50-,51-,52-,53+,54+,55+,56+,57+,58-,59-,60-,61-,62-,63+,64+,65+,66+,67+,68+,69-,70-,71-,72-,73-,74-,75-,76+,77+,78-/m0/s1. The molecule has 0 aromatic heterocycles. The van der Waals surface area contributed by atoms with Gasteiger partial charge in [0.15, 0.2) is 81.8 Å². The minimum absolute atomic E-state index is 1.08. The summed E-state index contributed by atoms with van der Waals surface area (Å²) in [5.41, 5.74) is 0. The van der Waals surface area contributed by atoms with Crippen LogP contribution in [0.5, 0.6) is 0 Å². The van der Waals surface area contributed by atoms with Crippen LogP contribution in [-0.2, 0) is 118 Å². The SMILES string of the molecule is C[C@@H]1O[C@@H](O[C@H]2[C@H](OC[C@H]3O[C@@H](O[C@@H]4[C@@H](O)[C@H](O)O[C@H](CO)[C@@H]4O)[C@H](O)[C@@H](O[C@@H]4O[C@H](CO[C@@H]5O[C@H](CO)[C@H](O)[C@H](O)[C@H]5O)[C@H](O)[C@H](O[C@@H]5O[C@H](CO[C@@H]6O[C@H](CO)[C@H](O)[C@H](O)[C@H]6O)[C@H](O)[C@H](O[C@@H]6O[C@H](CO[C@@H]7O[C@H](CO)[C@H](O)[C@H](O)[C@H]7O[C@@H]7O[C@@H](C)[C@@H](O)[C@@H](O)[C@@H]7O)[C@H](O)[C@H](O[C@@H]7O[C@H](CO)[C@H](O)[C@H](O)[C@H]7O[C@@H]7O[C@@H](C)[C@@H](O)[C@@H](O)[C@@H]7O)[C@H]6O)[C@H]5O)[C@H]4O)[C@H]3O)O[C@H](CO)[C@H](O)[C@@H]2O)[C@@H](O)[C@H](O)[C@@H]1O. The zero-order chi connectivity index (χ0) is 103. The molecule has 141 heavy (non-hydrogen) atoms. The van der Waals surface area contributed by atoms with Crippen LogP contribution in [0.2, 0.25) is 0 Å². The molecule has 822 valence electrons. The van der Waals surface area contributed by atoms with E-state index in [2.05, 4.69) is 0 Å². The summed E-state index contributed by atoms with van der Waals surface area (Å²) in [7, 11) is 0. The molecule has 13 rings (SSSR count). The van der Waals surface area contributed by atoms with E-state index in [0.717, 1.165) is 0 Å². The molecule has 13 aliphatic heterocycles. The summed E-state index contributed by atoms with van der Waals surface area (Å²) < 4.78 is 147.